The number of rotatable bonds is 5. The molecule has 0 aliphatic carbocycles. The Balaban J connectivity index is 1.82. The third-order valence-corrected chi connectivity index (χ3v) is 5.52. The lowest BCUT2D eigenvalue weighted by Crippen LogP contribution is -2.43. The summed E-state index contributed by atoms with van der Waals surface area (Å²) in [5.41, 5.74) is 1.40. The van der Waals surface area contributed by atoms with E-state index in [0.29, 0.717) is 25.4 Å². The van der Waals surface area contributed by atoms with Crippen LogP contribution in [0.1, 0.15) is 17.5 Å². The van der Waals surface area contributed by atoms with Crippen molar-refractivity contribution in [1.82, 2.24) is 5.32 Å². The summed E-state index contributed by atoms with van der Waals surface area (Å²) in [5, 5.41) is 12.9. The van der Waals surface area contributed by atoms with Crippen LogP contribution in [0.15, 0.2) is 21.5 Å². The predicted molar refractivity (Wildman–Crippen MR) is 87.7 cm³/mol. The summed E-state index contributed by atoms with van der Waals surface area (Å²) in [4.78, 5) is 13.0. The van der Waals surface area contributed by atoms with Crippen molar-refractivity contribution in [1.29, 1.82) is 0 Å². The van der Waals surface area contributed by atoms with Gasteiger partial charge in [-0.25, -0.2) is 0 Å². The normalized spacial score (nSPS) is 21.5. The molecule has 4 nitrogen and oxygen atoms in total. The minimum Gasteiger partial charge on any atom is -0.386 e. The van der Waals surface area contributed by atoms with Gasteiger partial charge < -0.3 is 15.2 Å². The lowest BCUT2D eigenvalue weighted by Gasteiger charge is -2.20. The fourth-order valence-corrected chi connectivity index (χ4v) is 3.50. The highest BCUT2D eigenvalue weighted by atomic mass is 79.9. The van der Waals surface area contributed by atoms with Crippen LogP contribution in [-0.4, -0.2) is 42.1 Å². The van der Waals surface area contributed by atoms with Gasteiger partial charge in [-0.2, -0.15) is 0 Å². The standard InChI is InChI=1S/C15H20BrNO3S/c1-10-6-13(11(2)5-12(10)16)21-7-14(18)17-8-15(19)3-4-20-9-15/h5-6,19H,3-4,7-9H2,1-2H3,(H,17,18). The van der Waals surface area contributed by atoms with Crippen LogP contribution in [-0.2, 0) is 9.53 Å². The number of halogens is 1. The van der Waals surface area contributed by atoms with Gasteiger partial charge in [-0.15, -0.1) is 11.8 Å². The van der Waals surface area contributed by atoms with E-state index < -0.39 is 5.60 Å². The Labute approximate surface area is 137 Å². The third-order valence-electron chi connectivity index (χ3n) is 3.51. The van der Waals surface area contributed by atoms with Crippen LogP contribution in [0.25, 0.3) is 0 Å². The molecule has 1 atom stereocenters. The van der Waals surface area contributed by atoms with E-state index in [-0.39, 0.29) is 12.5 Å². The smallest absolute Gasteiger partial charge is 0.230 e. The van der Waals surface area contributed by atoms with Gasteiger partial charge in [0.1, 0.15) is 5.60 Å². The number of thioether (sulfide) groups is 1. The van der Waals surface area contributed by atoms with E-state index in [4.69, 9.17) is 4.74 Å². The van der Waals surface area contributed by atoms with Gasteiger partial charge in [0, 0.05) is 28.9 Å². The number of aryl methyl sites for hydroxylation is 2. The lowest BCUT2D eigenvalue weighted by molar-refractivity contribution is -0.119. The molecule has 2 rings (SSSR count). The number of carbonyl (C=O) groups is 1. The van der Waals surface area contributed by atoms with Crippen molar-refractivity contribution < 1.29 is 14.6 Å². The second-order valence-corrected chi connectivity index (χ2v) is 7.33. The maximum atomic E-state index is 11.9. The number of hydrogen-bond donors (Lipinski definition) is 2. The monoisotopic (exact) mass is 373 g/mol. The summed E-state index contributed by atoms with van der Waals surface area (Å²) in [6, 6.07) is 4.14. The number of amides is 1. The molecule has 0 spiro atoms. The van der Waals surface area contributed by atoms with Gasteiger partial charge in [-0.05, 0) is 37.1 Å². The van der Waals surface area contributed by atoms with E-state index in [9.17, 15) is 9.90 Å². The Bertz CT molecular complexity index is 530. The van der Waals surface area contributed by atoms with Crippen LogP contribution >= 0.6 is 27.7 Å². The maximum absolute atomic E-state index is 11.9. The first-order valence-electron chi connectivity index (χ1n) is 6.86. The van der Waals surface area contributed by atoms with Gasteiger partial charge in [0.2, 0.25) is 5.91 Å². The summed E-state index contributed by atoms with van der Waals surface area (Å²) < 4.78 is 6.23. The maximum Gasteiger partial charge on any atom is 0.230 e. The Morgan fingerprint density at radius 2 is 2.24 bits per heavy atom. The minimum atomic E-state index is -0.898. The fraction of sp³-hybridized carbons (Fsp3) is 0.533. The molecular formula is C15H20BrNO3S. The predicted octanol–water partition coefficient (Wildman–Crippen LogP) is 2.43. The molecule has 21 heavy (non-hydrogen) atoms. The number of hydrogen-bond acceptors (Lipinski definition) is 4. The quantitative estimate of drug-likeness (QED) is 0.778. The summed E-state index contributed by atoms with van der Waals surface area (Å²) in [6.07, 6.45) is 0.575. The average molecular weight is 374 g/mol. The van der Waals surface area contributed by atoms with Crippen molar-refractivity contribution in [2.45, 2.75) is 30.8 Å². The summed E-state index contributed by atoms with van der Waals surface area (Å²) in [5.74, 6) is 0.277. The Morgan fingerprint density at radius 1 is 1.48 bits per heavy atom. The first-order valence-corrected chi connectivity index (χ1v) is 8.64. The molecule has 1 unspecified atom stereocenters. The van der Waals surface area contributed by atoms with Crippen molar-refractivity contribution in [3.05, 3.63) is 27.7 Å². The number of nitrogens with one attached hydrogen (secondary N) is 1. The van der Waals surface area contributed by atoms with Crippen LogP contribution in [0, 0.1) is 13.8 Å². The zero-order chi connectivity index (χ0) is 15.5. The van der Waals surface area contributed by atoms with Gasteiger partial charge in [-0.3, -0.25) is 4.79 Å². The van der Waals surface area contributed by atoms with Crippen LogP contribution in [0.3, 0.4) is 0 Å². The Morgan fingerprint density at radius 3 is 2.90 bits per heavy atom. The van der Waals surface area contributed by atoms with Crippen molar-refractivity contribution in [3.8, 4) is 0 Å². The molecule has 0 radical (unpaired) electrons. The van der Waals surface area contributed by atoms with Crippen molar-refractivity contribution in [2.75, 3.05) is 25.5 Å². The topological polar surface area (TPSA) is 58.6 Å². The van der Waals surface area contributed by atoms with Gasteiger partial charge in [0.05, 0.1) is 12.4 Å². The third kappa shape index (κ3) is 4.71. The molecule has 1 aliphatic heterocycles. The van der Waals surface area contributed by atoms with E-state index in [0.717, 1.165) is 20.5 Å². The fourth-order valence-electron chi connectivity index (χ4n) is 2.10. The first-order chi connectivity index (χ1) is 9.89. The van der Waals surface area contributed by atoms with E-state index in [2.05, 4.69) is 33.4 Å². The van der Waals surface area contributed by atoms with E-state index in [1.54, 1.807) is 0 Å². The second-order valence-electron chi connectivity index (χ2n) is 5.46. The van der Waals surface area contributed by atoms with Gasteiger partial charge in [0.25, 0.3) is 0 Å². The molecule has 1 heterocycles. The van der Waals surface area contributed by atoms with Gasteiger partial charge in [-0.1, -0.05) is 15.9 Å². The molecule has 0 bridgehead atoms. The lowest BCUT2D eigenvalue weighted by atomic mass is 10.0. The van der Waals surface area contributed by atoms with Gasteiger partial charge >= 0.3 is 0 Å². The summed E-state index contributed by atoms with van der Waals surface area (Å²) in [6.45, 7) is 5.17. The Hall–Kier alpha value is -0.560. The number of ether oxygens (including phenoxy) is 1. The van der Waals surface area contributed by atoms with Crippen molar-refractivity contribution in [3.63, 3.8) is 0 Å². The molecule has 2 N–H and O–H groups in total. The minimum absolute atomic E-state index is 0.0692. The van der Waals surface area contributed by atoms with E-state index >= 15 is 0 Å². The van der Waals surface area contributed by atoms with E-state index in [1.807, 2.05) is 13.8 Å². The van der Waals surface area contributed by atoms with Crippen molar-refractivity contribution in [2.24, 2.45) is 0 Å². The molecule has 1 saturated heterocycles. The SMILES string of the molecule is Cc1cc(SCC(=O)NCC2(O)CCOC2)c(C)cc1Br. The molecule has 6 heteroatoms. The largest absolute Gasteiger partial charge is 0.386 e. The molecular weight excluding hydrogens is 354 g/mol. The number of benzene rings is 1. The van der Waals surface area contributed by atoms with Crippen molar-refractivity contribution >= 4 is 33.6 Å². The summed E-state index contributed by atoms with van der Waals surface area (Å²) in [7, 11) is 0. The molecule has 1 aromatic carbocycles. The van der Waals surface area contributed by atoms with Crippen LogP contribution in [0.4, 0.5) is 0 Å². The second kappa shape index (κ2) is 7.13. The molecule has 1 aromatic rings. The molecule has 1 fully saturated rings. The molecule has 116 valence electrons. The zero-order valence-corrected chi connectivity index (χ0v) is 14.6. The number of carbonyl (C=O) groups excluding carboxylic acids is 1. The summed E-state index contributed by atoms with van der Waals surface area (Å²) >= 11 is 5.01. The highest BCUT2D eigenvalue weighted by Crippen LogP contribution is 2.28. The highest BCUT2D eigenvalue weighted by Gasteiger charge is 2.32. The van der Waals surface area contributed by atoms with Crippen LogP contribution in [0.2, 0.25) is 0 Å². The first kappa shape index (κ1) is 16.8. The average Bonchev–Trinajstić information content (AvgIpc) is 2.86. The number of aliphatic hydroxyl groups is 1. The van der Waals surface area contributed by atoms with Gasteiger partial charge in [0.15, 0.2) is 0 Å². The Kier molecular flexibility index (Phi) is 5.71. The van der Waals surface area contributed by atoms with Crippen LogP contribution in [0.5, 0.6) is 0 Å². The van der Waals surface area contributed by atoms with Crippen LogP contribution < -0.4 is 5.32 Å². The molecule has 0 aromatic heterocycles. The molecule has 1 amide bonds. The molecule has 0 saturated carbocycles. The highest BCUT2D eigenvalue weighted by molar-refractivity contribution is 9.10. The molecule has 1 aliphatic rings. The zero-order valence-electron chi connectivity index (χ0n) is 12.2. The van der Waals surface area contributed by atoms with E-state index in [1.165, 1.54) is 11.8 Å².